The predicted octanol–water partition coefficient (Wildman–Crippen LogP) is 3.24. The minimum atomic E-state index is -0.210. The molecule has 0 atom stereocenters. The second kappa shape index (κ2) is 6.27. The van der Waals surface area contributed by atoms with E-state index in [1.165, 1.54) is 31.4 Å². The third-order valence-corrected chi connectivity index (χ3v) is 3.34. The molecule has 3 rings (SSSR count). The molecule has 0 unspecified atom stereocenters. The number of phenols is 1. The van der Waals surface area contributed by atoms with Crippen molar-refractivity contribution in [2.75, 3.05) is 7.11 Å². The van der Waals surface area contributed by atoms with Crippen molar-refractivity contribution in [3.63, 3.8) is 0 Å². The molecule has 1 heterocycles. The molecule has 0 saturated heterocycles. The summed E-state index contributed by atoms with van der Waals surface area (Å²) in [7, 11) is 1.43. The molecule has 0 bridgehead atoms. The number of hydrogen-bond acceptors (Lipinski definition) is 5. The number of nitrogens with zero attached hydrogens (tertiary/aromatic N) is 2. The summed E-state index contributed by atoms with van der Waals surface area (Å²) in [4.78, 5) is 20.9. The molecule has 2 aromatic carbocycles. The number of benzene rings is 2. The van der Waals surface area contributed by atoms with Gasteiger partial charge in [-0.3, -0.25) is 9.78 Å². The Morgan fingerprint density at radius 2 is 1.96 bits per heavy atom. The van der Waals surface area contributed by atoms with Crippen molar-refractivity contribution in [3.05, 3.63) is 66.0 Å². The number of aromatic hydroxyl groups is 1. The van der Waals surface area contributed by atoms with Gasteiger partial charge in [-0.25, -0.2) is 4.98 Å². The van der Waals surface area contributed by atoms with Crippen molar-refractivity contribution in [2.24, 2.45) is 0 Å². The van der Waals surface area contributed by atoms with E-state index in [2.05, 4.69) is 9.97 Å². The minimum absolute atomic E-state index is 0.00609. The lowest BCUT2D eigenvalue weighted by molar-refractivity contribution is 0.104. The van der Waals surface area contributed by atoms with Crippen LogP contribution in [0.4, 0.5) is 0 Å². The van der Waals surface area contributed by atoms with Crippen LogP contribution in [0.15, 0.2) is 54.7 Å². The summed E-state index contributed by atoms with van der Waals surface area (Å²) in [5.74, 6) is 0.0430. The third kappa shape index (κ3) is 3.18. The van der Waals surface area contributed by atoms with E-state index in [0.717, 1.165) is 11.0 Å². The van der Waals surface area contributed by atoms with E-state index < -0.39 is 0 Å². The van der Waals surface area contributed by atoms with E-state index >= 15 is 0 Å². The molecule has 0 radical (unpaired) electrons. The largest absolute Gasteiger partial charge is 0.504 e. The highest BCUT2D eigenvalue weighted by Gasteiger charge is 2.07. The number of carbonyl (C=O) groups excluding carboxylic acids is 1. The first-order valence-corrected chi connectivity index (χ1v) is 6.98. The van der Waals surface area contributed by atoms with Crippen molar-refractivity contribution < 1.29 is 14.6 Å². The number of methoxy groups -OCH3 is 1. The standard InChI is InChI=1S/C18H14N2O3/c1-23-18-10-12(6-8-17(18)22)16(21)9-7-13-11-19-14-4-2-3-5-15(14)20-13/h2-11,22H,1H3/b9-7+. The Labute approximate surface area is 132 Å². The highest BCUT2D eigenvalue weighted by Crippen LogP contribution is 2.26. The van der Waals surface area contributed by atoms with Crippen LogP contribution in [-0.4, -0.2) is 28.0 Å². The zero-order chi connectivity index (χ0) is 16.2. The van der Waals surface area contributed by atoms with Gasteiger partial charge in [-0.1, -0.05) is 12.1 Å². The number of allylic oxidation sites excluding steroid dienone is 1. The Morgan fingerprint density at radius 3 is 2.74 bits per heavy atom. The maximum Gasteiger partial charge on any atom is 0.186 e. The molecule has 0 aliphatic heterocycles. The van der Waals surface area contributed by atoms with Crippen molar-refractivity contribution in [3.8, 4) is 11.5 Å². The Bertz CT molecular complexity index is 904. The Balaban J connectivity index is 1.84. The number of ether oxygens (including phenoxy) is 1. The van der Waals surface area contributed by atoms with Crippen LogP contribution in [0, 0.1) is 0 Å². The molecular weight excluding hydrogens is 292 g/mol. The van der Waals surface area contributed by atoms with E-state index in [0.29, 0.717) is 11.3 Å². The summed E-state index contributed by atoms with van der Waals surface area (Å²) in [6, 6.07) is 12.0. The topological polar surface area (TPSA) is 72.3 Å². The first-order chi connectivity index (χ1) is 11.2. The summed E-state index contributed by atoms with van der Waals surface area (Å²) in [5, 5.41) is 9.55. The van der Waals surface area contributed by atoms with E-state index in [1.54, 1.807) is 12.3 Å². The molecule has 0 fully saturated rings. The molecule has 114 valence electrons. The molecule has 23 heavy (non-hydrogen) atoms. The maximum atomic E-state index is 12.2. The van der Waals surface area contributed by atoms with Gasteiger partial charge in [0.1, 0.15) is 0 Å². The van der Waals surface area contributed by atoms with Gasteiger partial charge in [0.2, 0.25) is 0 Å². The molecular formula is C18H14N2O3. The summed E-state index contributed by atoms with van der Waals surface area (Å²) >= 11 is 0. The molecule has 0 spiro atoms. The molecule has 0 aliphatic rings. The van der Waals surface area contributed by atoms with Crippen molar-refractivity contribution in [2.45, 2.75) is 0 Å². The van der Waals surface area contributed by atoms with E-state index in [4.69, 9.17) is 4.74 Å². The molecule has 5 nitrogen and oxygen atoms in total. The maximum absolute atomic E-state index is 12.2. The Hall–Kier alpha value is -3.21. The average molecular weight is 306 g/mol. The highest BCUT2D eigenvalue weighted by molar-refractivity contribution is 6.07. The number of aromatic nitrogens is 2. The summed E-state index contributed by atoms with van der Waals surface area (Å²) in [5.41, 5.74) is 2.60. The highest BCUT2D eigenvalue weighted by atomic mass is 16.5. The number of rotatable bonds is 4. The Kier molecular flexibility index (Phi) is 4.01. The normalized spacial score (nSPS) is 11.0. The fourth-order valence-electron chi connectivity index (χ4n) is 2.14. The zero-order valence-corrected chi connectivity index (χ0v) is 12.4. The van der Waals surface area contributed by atoms with Gasteiger partial charge in [-0.2, -0.15) is 0 Å². The van der Waals surface area contributed by atoms with Crippen LogP contribution < -0.4 is 4.74 Å². The number of ketones is 1. The quantitative estimate of drug-likeness (QED) is 0.592. The van der Waals surface area contributed by atoms with Crippen molar-refractivity contribution in [1.29, 1.82) is 0 Å². The van der Waals surface area contributed by atoms with Gasteiger partial charge in [-0.05, 0) is 42.5 Å². The van der Waals surface area contributed by atoms with Crippen LogP contribution in [0.5, 0.6) is 11.5 Å². The summed E-state index contributed by atoms with van der Waals surface area (Å²) in [6.07, 6.45) is 4.65. The Morgan fingerprint density at radius 1 is 1.17 bits per heavy atom. The second-order valence-corrected chi connectivity index (χ2v) is 4.87. The third-order valence-electron chi connectivity index (χ3n) is 3.34. The molecule has 0 amide bonds. The molecule has 1 aromatic heterocycles. The van der Waals surface area contributed by atoms with Gasteiger partial charge in [0.25, 0.3) is 0 Å². The summed E-state index contributed by atoms with van der Waals surface area (Å²) in [6.45, 7) is 0. The molecule has 3 aromatic rings. The first-order valence-electron chi connectivity index (χ1n) is 6.98. The lowest BCUT2D eigenvalue weighted by Gasteiger charge is -2.04. The van der Waals surface area contributed by atoms with E-state index in [9.17, 15) is 9.90 Å². The first kappa shape index (κ1) is 14.7. The minimum Gasteiger partial charge on any atom is -0.504 e. The number of fused-ring (bicyclic) bond motifs is 1. The van der Waals surface area contributed by atoms with Crippen LogP contribution in [-0.2, 0) is 0 Å². The average Bonchev–Trinajstić information content (AvgIpc) is 2.60. The molecule has 0 aliphatic carbocycles. The van der Waals surface area contributed by atoms with E-state index in [1.807, 2.05) is 24.3 Å². The SMILES string of the molecule is COc1cc(C(=O)/C=C/c2cnc3ccccc3n2)ccc1O. The lowest BCUT2D eigenvalue weighted by atomic mass is 10.1. The second-order valence-electron chi connectivity index (χ2n) is 4.87. The number of hydrogen-bond donors (Lipinski definition) is 1. The number of para-hydroxylation sites is 2. The molecule has 1 N–H and O–H groups in total. The fourth-order valence-corrected chi connectivity index (χ4v) is 2.14. The van der Waals surface area contributed by atoms with E-state index in [-0.39, 0.29) is 17.3 Å². The number of phenolic OH excluding ortho intramolecular Hbond substituents is 1. The molecule has 5 heteroatoms. The number of carbonyl (C=O) groups is 1. The van der Waals surface area contributed by atoms with Crippen LogP contribution >= 0.6 is 0 Å². The van der Waals surface area contributed by atoms with Gasteiger partial charge in [0.15, 0.2) is 17.3 Å². The monoisotopic (exact) mass is 306 g/mol. The van der Waals surface area contributed by atoms with Crippen LogP contribution in [0.1, 0.15) is 16.1 Å². The van der Waals surface area contributed by atoms with Crippen LogP contribution in [0.2, 0.25) is 0 Å². The van der Waals surface area contributed by atoms with Gasteiger partial charge in [-0.15, -0.1) is 0 Å². The van der Waals surface area contributed by atoms with Crippen molar-refractivity contribution in [1.82, 2.24) is 9.97 Å². The fraction of sp³-hybridized carbons (Fsp3) is 0.0556. The van der Waals surface area contributed by atoms with Gasteiger partial charge < -0.3 is 9.84 Å². The van der Waals surface area contributed by atoms with Crippen LogP contribution in [0.3, 0.4) is 0 Å². The molecule has 0 saturated carbocycles. The predicted molar refractivity (Wildman–Crippen MR) is 87.6 cm³/mol. The summed E-state index contributed by atoms with van der Waals surface area (Å²) < 4.78 is 5.00. The zero-order valence-electron chi connectivity index (χ0n) is 12.4. The lowest BCUT2D eigenvalue weighted by Crippen LogP contribution is -1.96. The smallest absolute Gasteiger partial charge is 0.186 e. The van der Waals surface area contributed by atoms with Crippen molar-refractivity contribution >= 4 is 22.9 Å². The van der Waals surface area contributed by atoms with Gasteiger partial charge >= 0.3 is 0 Å². The van der Waals surface area contributed by atoms with Gasteiger partial charge in [0, 0.05) is 5.56 Å². The van der Waals surface area contributed by atoms with Crippen LogP contribution in [0.25, 0.3) is 17.1 Å². The van der Waals surface area contributed by atoms with Gasteiger partial charge in [0.05, 0.1) is 30.0 Å².